The largest absolute Gasteiger partial charge is 0.508 e. The van der Waals surface area contributed by atoms with Crippen LogP contribution < -0.4 is 0 Å². The molecule has 1 aliphatic carbocycles. The number of hydrogen-bond acceptors (Lipinski definition) is 2. The van der Waals surface area contributed by atoms with Gasteiger partial charge in [0.05, 0.1) is 5.60 Å². The molecule has 0 unspecified atom stereocenters. The number of hydrogen-bond donors (Lipinski definition) is 2. The van der Waals surface area contributed by atoms with Crippen molar-refractivity contribution in [2.24, 2.45) is 0 Å². The number of benzene rings is 1. The van der Waals surface area contributed by atoms with E-state index in [2.05, 4.69) is 0 Å². The van der Waals surface area contributed by atoms with E-state index >= 15 is 0 Å². The molecule has 0 atom stereocenters. The lowest BCUT2D eigenvalue weighted by Gasteiger charge is -2.24. The Morgan fingerprint density at radius 3 is 2.44 bits per heavy atom. The van der Waals surface area contributed by atoms with Gasteiger partial charge in [-0.05, 0) is 56.7 Å². The van der Waals surface area contributed by atoms with Crippen LogP contribution in [-0.4, -0.2) is 10.2 Å². The van der Waals surface area contributed by atoms with Crippen LogP contribution in [0, 0.1) is 0 Å². The normalized spacial score (nSPS) is 16.7. The smallest absolute Gasteiger partial charge is 0.121 e. The summed E-state index contributed by atoms with van der Waals surface area (Å²) in [6, 6.07) is 3.72. The molecule has 2 rings (SSSR count). The first kappa shape index (κ1) is 11.5. The molecule has 0 radical (unpaired) electrons. The minimum absolute atomic E-state index is 0.230. The summed E-state index contributed by atoms with van der Waals surface area (Å²) in [4.78, 5) is 0. The van der Waals surface area contributed by atoms with Crippen molar-refractivity contribution in [1.29, 1.82) is 0 Å². The number of rotatable bonds is 1. The van der Waals surface area contributed by atoms with Crippen molar-refractivity contribution in [3.63, 3.8) is 0 Å². The standard InChI is InChI=1S/C14H20O2/c1-14(2,16)13-11-7-5-3-4-6-10(11)8-9-12(13)15/h8-9,15-16H,3-7H2,1-2H3. The summed E-state index contributed by atoms with van der Waals surface area (Å²) in [6.07, 6.45) is 5.64. The van der Waals surface area contributed by atoms with Gasteiger partial charge in [0.1, 0.15) is 5.75 Å². The molecular formula is C14H20O2. The summed E-state index contributed by atoms with van der Waals surface area (Å²) in [5, 5.41) is 20.1. The van der Waals surface area contributed by atoms with Crippen LogP contribution >= 0.6 is 0 Å². The van der Waals surface area contributed by atoms with Crippen LogP contribution in [0.3, 0.4) is 0 Å². The number of aryl methyl sites for hydroxylation is 1. The Labute approximate surface area is 96.9 Å². The van der Waals surface area contributed by atoms with E-state index < -0.39 is 5.60 Å². The van der Waals surface area contributed by atoms with Gasteiger partial charge in [-0.15, -0.1) is 0 Å². The van der Waals surface area contributed by atoms with Crippen molar-refractivity contribution < 1.29 is 10.2 Å². The molecule has 0 aliphatic heterocycles. The SMILES string of the molecule is CC(C)(O)c1c(O)ccc2c1CCCCC2. The molecule has 0 amide bonds. The van der Waals surface area contributed by atoms with Crippen LogP contribution in [0.25, 0.3) is 0 Å². The molecule has 0 saturated carbocycles. The second kappa shape index (κ2) is 4.10. The third-order valence-electron chi connectivity index (χ3n) is 3.37. The van der Waals surface area contributed by atoms with Gasteiger partial charge >= 0.3 is 0 Å². The molecule has 0 aromatic heterocycles. The maximum atomic E-state index is 10.2. The lowest BCUT2D eigenvalue weighted by atomic mass is 9.87. The molecule has 2 N–H and O–H groups in total. The zero-order valence-corrected chi connectivity index (χ0v) is 10.1. The molecule has 0 fully saturated rings. The fourth-order valence-corrected chi connectivity index (χ4v) is 2.68. The Kier molecular flexibility index (Phi) is 2.94. The first-order valence-electron chi connectivity index (χ1n) is 6.07. The van der Waals surface area contributed by atoms with Crippen molar-refractivity contribution in [2.45, 2.75) is 51.6 Å². The molecule has 0 bridgehead atoms. The minimum Gasteiger partial charge on any atom is -0.508 e. The highest BCUT2D eigenvalue weighted by Gasteiger charge is 2.26. The third kappa shape index (κ3) is 2.07. The highest BCUT2D eigenvalue weighted by molar-refractivity contribution is 5.48. The summed E-state index contributed by atoms with van der Waals surface area (Å²) in [5.74, 6) is 0.230. The van der Waals surface area contributed by atoms with Crippen molar-refractivity contribution in [2.75, 3.05) is 0 Å². The van der Waals surface area contributed by atoms with E-state index in [1.165, 1.54) is 24.0 Å². The highest BCUT2D eigenvalue weighted by atomic mass is 16.3. The second-order valence-electron chi connectivity index (χ2n) is 5.22. The van der Waals surface area contributed by atoms with Gasteiger partial charge in [-0.1, -0.05) is 12.5 Å². The van der Waals surface area contributed by atoms with E-state index in [0.717, 1.165) is 24.8 Å². The fourth-order valence-electron chi connectivity index (χ4n) is 2.68. The van der Waals surface area contributed by atoms with E-state index in [1.807, 2.05) is 6.07 Å². The average Bonchev–Trinajstić information content (AvgIpc) is 2.40. The van der Waals surface area contributed by atoms with Crippen molar-refractivity contribution in [1.82, 2.24) is 0 Å². The number of fused-ring (bicyclic) bond motifs is 1. The first-order chi connectivity index (χ1) is 7.50. The number of phenolic OH excluding ortho intramolecular Hbond substituents is 1. The van der Waals surface area contributed by atoms with E-state index in [9.17, 15) is 10.2 Å². The lowest BCUT2D eigenvalue weighted by molar-refractivity contribution is 0.0747. The van der Waals surface area contributed by atoms with E-state index in [0.29, 0.717) is 0 Å². The predicted molar refractivity (Wildman–Crippen MR) is 64.6 cm³/mol. The quantitative estimate of drug-likeness (QED) is 0.714. The van der Waals surface area contributed by atoms with Crippen LogP contribution in [0.4, 0.5) is 0 Å². The van der Waals surface area contributed by atoms with Crippen molar-refractivity contribution >= 4 is 0 Å². The van der Waals surface area contributed by atoms with Crippen molar-refractivity contribution in [3.8, 4) is 5.75 Å². The van der Waals surface area contributed by atoms with Crippen LogP contribution in [-0.2, 0) is 18.4 Å². The Morgan fingerprint density at radius 1 is 1.06 bits per heavy atom. The lowest BCUT2D eigenvalue weighted by Crippen LogP contribution is -2.19. The van der Waals surface area contributed by atoms with E-state index in [4.69, 9.17) is 0 Å². The molecule has 1 aromatic rings. The summed E-state index contributed by atoms with van der Waals surface area (Å²) in [7, 11) is 0. The van der Waals surface area contributed by atoms with Gasteiger partial charge in [-0.2, -0.15) is 0 Å². The predicted octanol–water partition coefficient (Wildman–Crippen LogP) is 2.89. The zero-order chi connectivity index (χ0) is 11.8. The van der Waals surface area contributed by atoms with Gasteiger partial charge in [-0.3, -0.25) is 0 Å². The van der Waals surface area contributed by atoms with Crippen molar-refractivity contribution in [3.05, 3.63) is 28.8 Å². The maximum Gasteiger partial charge on any atom is 0.121 e. The summed E-state index contributed by atoms with van der Waals surface area (Å²) in [6.45, 7) is 3.49. The van der Waals surface area contributed by atoms with Crippen LogP contribution in [0.1, 0.15) is 49.8 Å². The van der Waals surface area contributed by atoms with Crippen LogP contribution in [0.2, 0.25) is 0 Å². The summed E-state index contributed by atoms with van der Waals surface area (Å²) in [5.41, 5.74) is 2.24. The number of aliphatic hydroxyl groups is 1. The molecular weight excluding hydrogens is 200 g/mol. The Bertz CT molecular complexity index is 388. The maximum absolute atomic E-state index is 10.2. The Balaban J connectivity index is 2.58. The van der Waals surface area contributed by atoms with Gasteiger partial charge in [0.15, 0.2) is 0 Å². The first-order valence-corrected chi connectivity index (χ1v) is 6.07. The van der Waals surface area contributed by atoms with Gasteiger partial charge in [0, 0.05) is 5.56 Å². The molecule has 1 aliphatic rings. The third-order valence-corrected chi connectivity index (χ3v) is 3.37. The van der Waals surface area contributed by atoms with E-state index in [1.54, 1.807) is 19.9 Å². The molecule has 0 heterocycles. The average molecular weight is 220 g/mol. The second-order valence-corrected chi connectivity index (χ2v) is 5.22. The monoisotopic (exact) mass is 220 g/mol. The highest BCUT2D eigenvalue weighted by Crippen LogP contribution is 2.36. The molecule has 2 heteroatoms. The molecule has 0 saturated heterocycles. The Hall–Kier alpha value is -1.02. The fraction of sp³-hybridized carbons (Fsp3) is 0.571. The minimum atomic E-state index is -0.959. The van der Waals surface area contributed by atoms with Gasteiger partial charge in [-0.25, -0.2) is 0 Å². The van der Waals surface area contributed by atoms with Gasteiger partial charge < -0.3 is 10.2 Å². The zero-order valence-electron chi connectivity index (χ0n) is 10.1. The van der Waals surface area contributed by atoms with E-state index in [-0.39, 0.29) is 5.75 Å². The molecule has 88 valence electrons. The number of aromatic hydroxyl groups is 1. The molecule has 0 spiro atoms. The van der Waals surface area contributed by atoms with Crippen LogP contribution in [0.15, 0.2) is 12.1 Å². The summed E-state index contributed by atoms with van der Waals surface area (Å²) < 4.78 is 0. The van der Waals surface area contributed by atoms with Gasteiger partial charge in [0.2, 0.25) is 0 Å². The topological polar surface area (TPSA) is 40.5 Å². The molecule has 16 heavy (non-hydrogen) atoms. The summed E-state index contributed by atoms with van der Waals surface area (Å²) >= 11 is 0. The molecule has 2 nitrogen and oxygen atoms in total. The van der Waals surface area contributed by atoms with Crippen LogP contribution in [0.5, 0.6) is 5.75 Å². The van der Waals surface area contributed by atoms with Gasteiger partial charge in [0.25, 0.3) is 0 Å². The Morgan fingerprint density at radius 2 is 1.75 bits per heavy atom. The molecule has 1 aromatic carbocycles. The number of phenols is 1.